The molecule has 1 atom stereocenters. The number of rotatable bonds is 2. The van der Waals surface area contributed by atoms with Gasteiger partial charge in [-0.3, -0.25) is 14.6 Å². The van der Waals surface area contributed by atoms with Gasteiger partial charge in [0.25, 0.3) is 5.91 Å². The van der Waals surface area contributed by atoms with E-state index < -0.39 is 0 Å². The van der Waals surface area contributed by atoms with E-state index in [1.54, 1.807) is 19.3 Å². The summed E-state index contributed by atoms with van der Waals surface area (Å²) in [6.45, 7) is 8.47. The van der Waals surface area contributed by atoms with Gasteiger partial charge in [0.1, 0.15) is 0 Å². The molecule has 1 unspecified atom stereocenters. The largest absolute Gasteiger partial charge is 0.367 e. The van der Waals surface area contributed by atoms with Crippen molar-refractivity contribution in [3.8, 4) is 0 Å². The summed E-state index contributed by atoms with van der Waals surface area (Å²) in [6.07, 6.45) is 5.74. The van der Waals surface area contributed by atoms with Crippen LogP contribution >= 0.6 is 0 Å². The van der Waals surface area contributed by atoms with Gasteiger partial charge in [0.2, 0.25) is 5.91 Å². The van der Waals surface area contributed by atoms with Crippen LogP contribution in [0.25, 0.3) is 0 Å². The highest BCUT2D eigenvalue weighted by molar-refractivity contribution is 5.94. The molecule has 1 aromatic heterocycles. The van der Waals surface area contributed by atoms with E-state index in [9.17, 15) is 9.59 Å². The second kappa shape index (κ2) is 7.20. The van der Waals surface area contributed by atoms with Crippen LogP contribution in [-0.4, -0.2) is 65.9 Å². The lowest BCUT2D eigenvalue weighted by Crippen LogP contribution is -2.48. The number of piperazine rings is 1. The monoisotopic (exact) mass is 330 g/mol. The molecule has 2 amide bonds. The van der Waals surface area contributed by atoms with Crippen LogP contribution < -0.4 is 4.90 Å². The molecule has 1 aromatic rings. The van der Waals surface area contributed by atoms with Crippen LogP contribution in [0, 0.1) is 5.92 Å². The van der Waals surface area contributed by atoms with Crippen molar-refractivity contribution in [2.24, 2.45) is 5.92 Å². The lowest BCUT2D eigenvalue weighted by Gasteiger charge is -2.35. The van der Waals surface area contributed by atoms with Crippen LogP contribution in [-0.2, 0) is 4.79 Å². The molecule has 3 heterocycles. The molecule has 0 spiro atoms. The standard InChI is InChI=1S/C18H26N4O2/c1-14-4-3-5-22(13-14)18(24)16-10-17(12-19-11-16)21-8-6-20(7-9-21)15(2)23/h10-12,14H,3-9,13H2,1-2H3. The van der Waals surface area contributed by atoms with E-state index in [4.69, 9.17) is 0 Å². The Bertz CT molecular complexity index is 611. The smallest absolute Gasteiger partial charge is 0.255 e. The van der Waals surface area contributed by atoms with Crippen molar-refractivity contribution in [1.29, 1.82) is 0 Å². The van der Waals surface area contributed by atoms with Crippen molar-refractivity contribution >= 4 is 17.5 Å². The number of amides is 2. The Balaban J connectivity index is 1.68. The van der Waals surface area contributed by atoms with E-state index in [0.717, 1.165) is 51.4 Å². The second-order valence-corrected chi connectivity index (χ2v) is 6.92. The van der Waals surface area contributed by atoms with Gasteiger partial charge in [-0.05, 0) is 24.8 Å². The number of pyridine rings is 1. The van der Waals surface area contributed by atoms with Crippen LogP contribution in [0.15, 0.2) is 18.5 Å². The maximum absolute atomic E-state index is 12.7. The third-order valence-electron chi connectivity index (χ3n) is 5.01. The number of anilines is 1. The summed E-state index contributed by atoms with van der Waals surface area (Å²) in [4.78, 5) is 34.4. The van der Waals surface area contributed by atoms with Gasteiger partial charge in [-0.2, -0.15) is 0 Å². The molecule has 6 nitrogen and oxygen atoms in total. The van der Waals surface area contributed by atoms with E-state index in [1.165, 1.54) is 6.42 Å². The number of aromatic nitrogens is 1. The van der Waals surface area contributed by atoms with Crippen LogP contribution in [0.3, 0.4) is 0 Å². The molecule has 130 valence electrons. The number of hydrogen-bond donors (Lipinski definition) is 0. The minimum absolute atomic E-state index is 0.0817. The zero-order chi connectivity index (χ0) is 17.1. The first-order valence-electron chi connectivity index (χ1n) is 8.79. The maximum Gasteiger partial charge on any atom is 0.255 e. The fraction of sp³-hybridized carbons (Fsp3) is 0.611. The molecule has 0 radical (unpaired) electrons. The van der Waals surface area contributed by atoms with E-state index in [1.807, 2.05) is 15.9 Å². The van der Waals surface area contributed by atoms with Crippen molar-refractivity contribution in [3.05, 3.63) is 24.0 Å². The van der Waals surface area contributed by atoms with Gasteiger partial charge in [0.15, 0.2) is 0 Å². The molecular formula is C18H26N4O2. The number of hydrogen-bond acceptors (Lipinski definition) is 4. The minimum Gasteiger partial charge on any atom is -0.367 e. The second-order valence-electron chi connectivity index (χ2n) is 6.92. The average Bonchev–Trinajstić information content (AvgIpc) is 2.61. The first-order chi connectivity index (χ1) is 11.5. The molecule has 24 heavy (non-hydrogen) atoms. The van der Waals surface area contributed by atoms with Crippen molar-refractivity contribution in [3.63, 3.8) is 0 Å². The predicted molar refractivity (Wildman–Crippen MR) is 93.0 cm³/mol. The molecule has 0 N–H and O–H groups in total. The Morgan fingerprint density at radius 2 is 1.83 bits per heavy atom. The Labute approximate surface area is 143 Å². The SMILES string of the molecule is CC(=O)N1CCN(c2cncc(C(=O)N3CCCC(C)C3)c2)CC1. The molecule has 2 fully saturated rings. The molecule has 0 bridgehead atoms. The van der Waals surface area contributed by atoms with Gasteiger partial charge < -0.3 is 14.7 Å². The number of carbonyl (C=O) groups excluding carboxylic acids is 2. The molecule has 0 aliphatic carbocycles. The van der Waals surface area contributed by atoms with Crippen molar-refractivity contribution in [1.82, 2.24) is 14.8 Å². The van der Waals surface area contributed by atoms with Crippen molar-refractivity contribution < 1.29 is 9.59 Å². The molecule has 6 heteroatoms. The minimum atomic E-state index is 0.0817. The molecule has 2 aliphatic rings. The third kappa shape index (κ3) is 3.68. The highest BCUT2D eigenvalue weighted by atomic mass is 16.2. The summed E-state index contributed by atoms with van der Waals surface area (Å²) >= 11 is 0. The summed E-state index contributed by atoms with van der Waals surface area (Å²) in [5, 5.41) is 0. The lowest BCUT2D eigenvalue weighted by molar-refractivity contribution is -0.129. The predicted octanol–water partition coefficient (Wildman–Crippen LogP) is 1.62. The number of carbonyl (C=O) groups is 2. The van der Waals surface area contributed by atoms with E-state index >= 15 is 0 Å². The zero-order valence-corrected chi connectivity index (χ0v) is 14.6. The summed E-state index contributed by atoms with van der Waals surface area (Å²) in [5.41, 5.74) is 1.63. The quantitative estimate of drug-likeness (QED) is 0.827. The van der Waals surface area contributed by atoms with E-state index in [-0.39, 0.29) is 11.8 Å². The summed E-state index contributed by atoms with van der Waals surface area (Å²) in [5.74, 6) is 0.771. The van der Waals surface area contributed by atoms with E-state index in [2.05, 4.69) is 16.8 Å². The normalized spacial score (nSPS) is 21.8. The fourth-order valence-corrected chi connectivity index (χ4v) is 3.55. The molecule has 2 saturated heterocycles. The molecule has 2 aliphatic heterocycles. The molecular weight excluding hydrogens is 304 g/mol. The summed E-state index contributed by atoms with van der Waals surface area (Å²) < 4.78 is 0. The topological polar surface area (TPSA) is 56.8 Å². The molecule has 0 aromatic carbocycles. The number of likely N-dealkylation sites (tertiary alicyclic amines) is 1. The average molecular weight is 330 g/mol. The van der Waals surface area contributed by atoms with Gasteiger partial charge in [-0.1, -0.05) is 6.92 Å². The van der Waals surface area contributed by atoms with Crippen LogP contribution in [0.4, 0.5) is 5.69 Å². The maximum atomic E-state index is 12.7. The zero-order valence-electron chi connectivity index (χ0n) is 14.6. The van der Waals surface area contributed by atoms with E-state index in [0.29, 0.717) is 11.5 Å². The van der Waals surface area contributed by atoms with Crippen LogP contribution in [0.1, 0.15) is 37.0 Å². The fourth-order valence-electron chi connectivity index (χ4n) is 3.55. The first-order valence-corrected chi connectivity index (χ1v) is 8.79. The summed E-state index contributed by atoms with van der Waals surface area (Å²) in [7, 11) is 0. The van der Waals surface area contributed by atoms with Crippen LogP contribution in [0.5, 0.6) is 0 Å². The van der Waals surface area contributed by atoms with Crippen molar-refractivity contribution in [2.45, 2.75) is 26.7 Å². The van der Waals surface area contributed by atoms with Gasteiger partial charge in [0, 0.05) is 52.4 Å². The lowest BCUT2D eigenvalue weighted by atomic mass is 10.00. The Morgan fingerprint density at radius 1 is 1.08 bits per heavy atom. The number of nitrogens with zero attached hydrogens (tertiary/aromatic N) is 4. The van der Waals surface area contributed by atoms with Gasteiger partial charge in [-0.25, -0.2) is 0 Å². The Kier molecular flexibility index (Phi) is 5.02. The Morgan fingerprint density at radius 3 is 2.50 bits per heavy atom. The van der Waals surface area contributed by atoms with Gasteiger partial charge in [0.05, 0.1) is 17.4 Å². The Hall–Kier alpha value is -2.11. The first kappa shape index (κ1) is 16.7. The molecule has 0 saturated carbocycles. The van der Waals surface area contributed by atoms with Crippen molar-refractivity contribution in [2.75, 3.05) is 44.2 Å². The highest BCUT2D eigenvalue weighted by Crippen LogP contribution is 2.21. The van der Waals surface area contributed by atoms with Gasteiger partial charge in [-0.15, -0.1) is 0 Å². The highest BCUT2D eigenvalue weighted by Gasteiger charge is 2.24. The van der Waals surface area contributed by atoms with Gasteiger partial charge >= 0.3 is 0 Å². The number of piperidine rings is 1. The molecule has 3 rings (SSSR count). The summed E-state index contributed by atoms with van der Waals surface area (Å²) in [6, 6.07) is 1.94. The van der Waals surface area contributed by atoms with Crippen LogP contribution in [0.2, 0.25) is 0 Å². The third-order valence-corrected chi connectivity index (χ3v) is 5.01.